The molecule has 8 N–H and O–H groups in total. The molecule has 0 saturated carbocycles. The molecule has 0 aliphatic rings. The minimum Gasteiger partial charge on any atom is -1.00 e. The molecule has 12 aromatic rings. The highest BCUT2D eigenvalue weighted by Gasteiger charge is 2.39. The lowest BCUT2D eigenvalue weighted by Gasteiger charge is -2.37. The number of aromatic nitrogens is 4. The molecule has 0 unspecified atom stereocenters. The SMILES string of the molecule is NCCOc1ccc(-c2cc[n+](Cc3ccc(C(c4ccc(C[n+]5ccc(-c6ccc(OCCN)cc6)cc5)cc4)(c4ccc(C[n+]5ccc(-c6ccc(OCCN)cc6)cc5)cc4)c4ccc(C[n+]5ccc(-c6ccc(OCCN)cc6)cc5)cc4)cc3)cc2)cc1.[Cl-].[Cl-].[Cl-].[Cl-]. The Morgan fingerprint density at radius 3 is 0.546 bits per heavy atom. The van der Waals surface area contributed by atoms with Crippen LogP contribution in [0, 0.1) is 0 Å². The molecule has 0 bridgehead atoms. The number of ether oxygens (including phenoxy) is 4. The number of benzene rings is 8. The van der Waals surface area contributed by atoms with Crippen LogP contribution < -0.4 is 110 Å². The van der Waals surface area contributed by atoms with E-state index >= 15 is 0 Å². The standard InChI is InChI=1S/C81H80N8O4.4ClH/c82-41-53-90-77-25-9-65(10-26-77)69-33-45-86(46-34-69)57-61-1-17-73(18-2-61)81(74-19-3-62(4-20-74)58-87-47-35-70(36-48-87)66-11-27-78(28-12-66)91-54-42-83,75-21-5-63(6-22-75)59-88-49-37-71(38-50-88)67-13-29-79(30-14-67)92-55-43-84)76-23-7-64(8-24-76)60-89-51-39-72(40-52-89)68-15-31-80(32-16-68)93-56-44-85;;;;/h1-40,45-52H,41-44,53-60,82-85H2;4*1H/q+4;;;;/p-4. The fourth-order valence-electron chi connectivity index (χ4n) is 12.0. The van der Waals surface area contributed by atoms with Gasteiger partial charge in [0, 0.05) is 97.0 Å². The van der Waals surface area contributed by atoms with E-state index in [1.807, 2.05) is 48.5 Å². The number of nitrogens with two attached hydrogens (primary N) is 4. The van der Waals surface area contributed by atoms with Gasteiger partial charge in [0.15, 0.2) is 75.8 Å². The number of halogens is 4. The summed E-state index contributed by atoms with van der Waals surface area (Å²) < 4.78 is 31.9. The third kappa shape index (κ3) is 18.6. The Hall–Kier alpha value is -9.44. The minimum absolute atomic E-state index is 0. The Labute approximate surface area is 594 Å². The molecule has 0 spiro atoms. The normalized spacial score (nSPS) is 10.8. The summed E-state index contributed by atoms with van der Waals surface area (Å²) in [7, 11) is 0. The van der Waals surface area contributed by atoms with Crippen LogP contribution >= 0.6 is 0 Å². The van der Waals surface area contributed by atoms with Crippen molar-refractivity contribution in [2.24, 2.45) is 22.9 Å². The van der Waals surface area contributed by atoms with Gasteiger partial charge in [-0.2, -0.15) is 0 Å². The van der Waals surface area contributed by atoms with E-state index in [2.05, 4.69) is 262 Å². The van der Waals surface area contributed by atoms with Gasteiger partial charge in [0.2, 0.25) is 0 Å². The first-order valence-electron chi connectivity index (χ1n) is 31.9. The van der Waals surface area contributed by atoms with Crippen LogP contribution in [0.15, 0.2) is 292 Å². The summed E-state index contributed by atoms with van der Waals surface area (Å²) in [6.07, 6.45) is 17.2. The van der Waals surface area contributed by atoms with Crippen molar-refractivity contribution in [1.82, 2.24) is 0 Å². The lowest BCUT2D eigenvalue weighted by Crippen LogP contribution is -3.00. The van der Waals surface area contributed by atoms with Gasteiger partial charge in [0.25, 0.3) is 0 Å². The summed E-state index contributed by atoms with van der Waals surface area (Å²) in [6.45, 7) is 6.69. The average molecular weight is 1370 g/mol. The second-order valence-corrected chi connectivity index (χ2v) is 23.2. The van der Waals surface area contributed by atoms with Crippen LogP contribution in [0.4, 0.5) is 0 Å². The van der Waals surface area contributed by atoms with Crippen LogP contribution in [0.25, 0.3) is 44.5 Å². The molecule has 0 radical (unpaired) electrons. The second-order valence-electron chi connectivity index (χ2n) is 23.2. The van der Waals surface area contributed by atoms with E-state index in [0.717, 1.165) is 89.8 Å². The van der Waals surface area contributed by atoms with Gasteiger partial charge in [0.1, 0.15) is 49.4 Å². The Balaban J connectivity index is 0.00000300. The van der Waals surface area contributed by atoms with Crippen LogP contribution in [-0.2, 0) is 31.6 Å². The minimum atomic E-state index is -0.729. The average Bonchev–Trinajstić information content (AvgIpc) is 0.733. The Morgan fingerprint density at radius 1 is 0.216 bits per heavy atom. The third-order valence-corrected chi connectivity index (χ3v) is 16.9. The van der Waals surface area contributed by atoms with Gasteiger partial charge in [-0.25, -0.2) is 18.3 Å². The smallest absolute Gasteiger partial charge is 0.173 e. The van der Waals surface area contributed by atoms with Crippen molar-refractivity contribution in [3.8, 4) is 67.5 Å². The summed E-state index contributed by atoms with van der Waals surface area (Å²) in [5, 5.41) is 0. The molecule has 496 valence electrons. The zero-order valence-corrected chi connectivity index (χ0v) is 57.0. The number of rotatable bonds is 28. The van der Waals surface area contributed by atoms with E-state index in [1.165, 1.54) is 22.3 Å². The fraction of sp³-hybridized carbons (Fsp3) is 0.160. The van der Waals surface area contributed by atoms with Gasteiger partial charge >= 0.3 is 0 Å². The third-order valence-electron chi connectivity index (χ3n) is 16.9. The van der Waals surface area contributed by atoms with Crippen LogP contribution in [0.2, 0.25) is 0 Å². The van der Waals surface area contributed by atoms with Crippen molar-refractivity contribution in [2.45, 2.75) is 31.6 Å². The van der Waals surface area contributed by atoms with Gasteiger partial charge in [-0.1, -0.05) is 146 Å². The molecule has 16 heteroatoms. The van der Waals surface area contributed by atoms with E-state index in [-0.39, 0.29) is 49.6 Å². The van der Waals surface area contributed by atoms with Gasteiger partial charge in [-0.15, -0.1) is 0 Å². The summed E-state index contributed by atoms with van der Waals surface area (Å²) in [6, 6.07) is 87.1. The van der Waals surface area contributed by atoms with E-state index in [9.17, 15) is 0 Å². The second kappa shape index (κ2) is 36.1. The maximum absolute atomic E-state index is 5.73. The maximum Gasteiger partial charge on any atom is 0.173 e. The van der Waals surface area contributed by atoms with E-state index in [0.29, 0.717) is 78.8 Å². The van der Waals surface area contributed by atoms with Gasteiger partial charge < -0.3 is 91.5 Å². The van der Waals surface area contributed by atoms with Crippen molar-refractivity contribution in [3.63, 3.8) is 0 Å². The molecule has 0 saturated heterocycles. The maximum atomic E-state index is 5.73. The zero-order chi connectivity index (χ0) is 63.6. The summed E-state index contributed by atoms with van der Waals surface area (Å²) in [4.78, 5) is 0. The first-order valence-corrected chi connectivity index (χ1v) is 31.9. The largest absolute Gasteiger partial charge is 1.00 e. The van der Waals surface area contributed by atoms with Gasteiger partial charge in [-0.3, -0.25) is 0 Å². The van der Waals surface area contributed by atoms with Crippen LogP contribution in [0.3, 0.4) is 0 Å². The Kier molecular flexibility index (Phi) is 27.3. The molecule has 0 atom stereocenters. The molecule has 12 rings (SSSR count). The highest BCUT2D eigenvalue weighted by atomic mass is 35.5. The number of hydrogen-bond acceptors (Lipinski definition) is 8. The van der Waals surface area contributed by atoms with Crippen molar-refractivity contribution in [1.29, 1.82) is 0 Å². The number of nitrogens with zero attached hydrogens (tertiary/aromatic N) is 4. The quantitative estimate of drug-likeness (QED) is 0.0377. The summed E-state index contributed by atoms with van der Waals surface area (Å²) in [5.74, 6) is 3.26. The first kappa shape index (κ1) is 73.4. The summed E-state index contributed by atoms with van der Waals surface area (Å²) >= 11 is 0. The Bertz CT molecular complexity index is 3730. The predicted octanol–water partition coefficient (Wildman–Crippen LogP) is -0.554. The van der Waals surface area contributed by atoms with E-state index in [4.69, 9.17) is 41.9 Å². The molecule has 0 aliphatic carbocycles. The molecular weight excluding hydrogens is 1290 g/mol. The molecule has 4 heterocycles. The first-order chi connectivity index (χ1) is 45.8. The van der Waals surface area contributed by atoms with Crippen LogP contribution in [0.1, 0.15) is 44.5 Å². The fourth-order valence-corrected chi connectivity index (χ4v) is 12.0. The highest BCUT2D eigenvalue weighted by molar-refractivity contribution is 5.67. The lowest BCUT2D eigenvalue weighted by molar-refractivity contribution is -0.688. The van der Waals surface area contributed by atoms with Crippen LogP contribution in [0.5, 0.6) is 23.0 Å². The molecule has 4 aromatic heterocycles. The zero-order valence-electron chi connectivity index (χ0n) is 53.9. The van der Waals surface area contributed by atoms with Gasteiger partial charge in [0.05, 0.1) is 5.41 Å². The Morgan fingerprint density at radius 2 is 0.381 bits per heavy atom. The monoisotopic (exact) mass is 1370 g/mol. The molecule has 0 aliphatic heterocycles. The van der Waals surface area contributed by atoms with Crippen LogP contribution in [-0.4, -0.2) is 52.6 Å². The van der Waals surface area contributed by atoms with Crippen molar-refractivity contribution in [2.75, 3.05) is 52.6 Å². The van der Waals surface area contributed by atoms with Crippen molar-refractivity contribution >= 4 is 0 Å². The van der Waals surface area contributed by atoms with E-state index < -0.39 is 5.41 Å². The molecular formula is C81H80Cl4N8O4. The molecule has 97 heavy (non-hydrogen) atoms. The van der Waals surface area contributed by atoms with E-state index in [1.54, 1.807) is 0 Å². The lowest BCUT2D eigenvalue weighted by atomic mass is 9.65. The van der Waals surface area contributed by atoms with Crippen molar-refractivity contribution in [3.05, 3.63) is 337 Å². The highest BCUT2D eigenvalue weighted by Crippen LogP contribution is 2.46. The number of hydrogen-bond donors (Lipinski definition) is 4. The molecule has 0 amide bonds. The molecule has 12 nitrogen and oxygen atoms in total. The number of pyridine rings is 4. The molecule has 0 fully saturated rings. The summed E-state index contributed by atoms with van der Waals surface area (Å²) in [5.41, 5.74) is 40.4. The predicted molar refractivity (Wildman–Crippen MR) is 368 cm³/mol. The molecule has 8 aromatic carbocycles. The topological polar surface area (TPSA) is 157 Å². The van der Waals surface area contributed by atoms with Gasteiger partial charge in [-0.05, 0) is 115 Å². The van der Waals surface area contributed by atoms with Crippen molar-refractivity contribution < 1.29 is 86.8 Å².